The number of hydrogen-bond acceptors (Lipinski definition) is 4. The van der Waals surface area contributed by atoms with Crippen LogP contribution in [0.1, 0.15) is 5.76 Å². The highest BCUT2D eigenvalue weighted by atomic mass is 32.1. The zero-order chi connectivity index (χ0) is 16.6. The minimum Gasteiger partial charge on any atom is -0.492 e. The van der Waals surface area contributed by atoms with E-state index in [9.17, 15) is 4.79 Å². The first-order valence-electron chi connectivity index (χ1n) is 7.63. The van der Waals surface area contributed by atoms with Gasteiger partial charge in [0.15, 0.2) is 0 Å². The molecule has 3 aromatic rings. The molecule has 0 aliphatic carbocycles. The number of ether oxygens (including phenoxy) is 1. The molecule has 3 rings (SSSR count). The van der Waals surface area contributed by atoms with Crippen LogP contribution >= 0.6 is 11.3 Å². The second-order valence-corrected chi connectivity index (χ2v) is 5.96. The summed E-state index contributed by atoms with van der Waals surface area (Å²) in [6.07, 6.45) is 0. The number of hydrogen-bond donors (Lipinski definition) is 2. The molecule has 5 nitrogen and oxygen atoms in total. The van der Waals surface area contributed by atoms with Gasteiger partial charge in [-0.2, -0.15) is 0 Å². The normalized spacial score (nSPS) is 10.3. The Labute approximate surface area is 144 Å². The highest BCUT2D eigenvalue weighted by molar-refractivity contribution is 7.13. The van der Waals surface area contributed by atoms with Crippen molar-refractivity contribution in [1.29, 1.82) is 0 Å². The summed E-state index contributed by atoms with van der Waals surface area (Å²) < 4.78 is 11.2. The van der Waals surface area contributed by atoms with E-state index in [1.54, 1.807) is 11.3 Å². The van der Waals surface area contributed by atoms with Crippen LogP contribution in [0.4, 0.5) is 4.79 Å². The lowest BCUT2D eigenvalue weighted by Crippen LogP contribution is -2.37. The van der Waals surface area contributed by atoms with Crippen LogP contribution < -0.4 is 15.4 Å². The van der Waals surface area contributed by atoms with E-state index >= 15 is 0 Å². The molecule has 124 valence electrons. The molecule has 24 heavy (non-hydrogen) atoms. The molecule has 0 saturated heterocycles. The van der Waals surface area contributed by atoms with Gasteiger partial charge in [0.2, 0.25) is 0 Å². The number of carbonyl (C=O) groups is 1. The lowest BCUT2D eigenvalue weighted by Gasteiger charge is -2.08. The highest BCUT2D eigenvalue weighted by Crippen LogP contribution is 2.26. The minimum absolute atomic E-state index is 0.249. The Morgan fingerprint density at radius 2 is 1.92 bits per heavy atom. The largest absolute Gasteiger partial charge is 0.492 e. The van der Waals surface area contributed by atoms with Crippen LogP contribution in [-0.4, -0.2) is 19.2 Å². The molecule has 1 aromatic carbocycles. The van der Waals surface area contributed by atoms with Crippen molar-refractivity contribution < 1.29 is 13.9 Å². The fourth-order valence-electron chi connectivity index (χ4n) is 2.10. The zero-order valence-corrected chi connectivity index (χ0v) is 13.8. The number of carbonyl (C=O) groups excluding carboxylic acids is 1. The summed E-state index contributed by atoms with van der Waals surface area (Å²) in [4.78, 5) is 12.8. The predicted octanol–water partition coefficient (Wildman–Crippen LogP) is 3.89. The first-order valence-corrected chi connectivity index (χ1v) is 8.51. The van der Waals surface area contributed by atoms with Gasteiger partial charge in [0.25, 0.3) is 0 Å². The Bertz CT molecular complexity index is 754. The van der Waals surface area contributed by atoms with Gasteiger partial charge in [-0.3, -0.25) is 0 Å². The van der Waals surface area contributed by atoms with E-state index in [1.807, 2.05) is 60.0 Å². The number of para-hydroxylation sites is 1. The van der Waals surface area contributed by atoms with E-state index in [1.165, 1.54) is 0 Å². The van der Waals surface area contributed by atoms with E-state index in [2.05, 4.69) is 10.6 Å². The quantitative estimate of drug-likeness (QED) is 0.640. The number of nitrogens with one attached hydrogen (secondary N) is 2. The van der Waals surface area contributed by atoms with Crippen molar-refractivity contribution in [3.63, 3.8) is 0 Å². The maximum absolute atomic E-state index is 11.7. The fraction of sp³-hybridized carbons (Fsp3) is 0.167. The summed E-state index contributed by atoms with van der Waals surface area (Å²) in [5, 5.41) is 7.50. The van der Waals surface area contributed by atoms with E-state index < -0.39 is 0 Å². The molecule has 6 heteroatoms. The molecule has 0 radical (unpaired) electrons. The van der Waals surface area contributed by atoms with Crippen LogP contribution in [0.5, 0.6) is 5.75 Å². The summed E-state index contributed by atoms with van der Waals surface area (Å²) in [5.41, 5.74) is 0. The third-order valence-corrected chi connectivity index (χ3v) is 4.13. The summed E-state index contributed by atoms with van der Waals surface area (Å²) >= 11 is 1.62. The second-order valence-electron chi connectivity index (χ2n) is 5.01. The van der Waals surface area contributed by atoms with Crippen molar-refractivity contribution in [3.8, 4) is 16.4 Å². The number of rotatable bonds is 7. The van der Waals surface area contributed by atoms with Crippen LogP contribution in [-0.2, 0) is 6.54 Å². The maximum atomic E-state index is 11.7. The number of benzene rings is 1. The second kappa shape index (κ2) is 8.21. The third-order valence-electron chi connectivity index (χ3n) is 3.25. The monoisotopic (exact) mass is 342 g/mol. The molecule has 0 bridgehead atoms. The molecule has 0 unspecified atom stereocenters. The van der Waals surface area contributed by atoms with Gasteiger partial charge in [-0.1, -0.05) is 24.3 Å². The van der Waals surface area contributed by atoms with Gasteiger partial charge in [-0.25, -0.2) is 4.79 Å². The number of urea groups is 1. The van der Waals surface area contributed by atoms with Crippen molar-refractivity contribution in [1.82, 2.24) is 10.6 Å². The molecular formula is C18H18N2O3S. The van der Waals surface area contributed by atoms with E-state index in [-0.39, 0.29) is 6.03 Å². The molecule has 0 atom stereocenters. The Hall–Kier alpha value is -2.73. The van der Waals surface area contributed by atoms with Crippen LogP contribution in [0, 0.1) is 0 Å². The van der Waals surface area contributed by atoms with E-state index in [0.29, 0.717) is 25.5 Å². The first kappa shape index (κ1) is 16.1. The third kappa shape index (κ3) is 4.63. The number of thiophene rings is 1. The van der Waals surface area contributed by atoms with Crippen molar-refractivity contribution >= 4 is 17.4 Å². The van der Waals surface area contributed by atoms with Gasteiger partial charge in [0.1, 0.15) is 23.9 Å². The van der Waals surface area contributed by atoms with Crippen LogP contribution in [0.3, 0.4) is 0 Å². The lowest BCUT2D eigenvalue weighted by atomic mass is 10.3. The molecule has 2 N–H and O–H groups in total. The predicted molar refractivity (Wildman–Crippen MR) is 94.2 cm³/mol. The van der Waals surface area contributed by atoms with Gasteiger partial charge in [-0.15, -0.1) is 11.3 Å². The molecule has 0 spiro atoms. The van der Waals surface area contributed by atoms with Gasteiger partial charge in [0.05, 0.1) is 18.0 Å². The molecule has 0 aliphatic heterocycles. The van der Waals surface area contributed by atoms with E-state index in [0.717, 1.165) is 16.4 Å². The number of amides is 2. The van der Waals surface area contributed by atoms with Crippen molar-refractivity contribution in [2.75, 3.05) is 13.2 Å². The Balaban J connectivity index is 1.35. The molecule has 0 saturated carbocycles. The molecule has 0 aliphatic rings. The maximum Gasteiger partial charge on any atom is 0.315 e. The Morgan fingerprint density at radius 1 is 1.04 bits per heavy atom. The van der Waals surface area contributed by atoms with Gasteiger partial charge in [-0.05, 0) is 35.7 Å². The van der Waals surface area contributed by atoms with Crippen molar-refractivity contribution in [2.24, 2.45) is 0 Å². The minimum atomic E-state index is -0.249. The van der Waals surface area contributed by atoms with Gasteiger partial charge < -0.3 is 19.8 Å². The summed E-state index contributed by atoms with van der Waals surface area (Å²) in [7, 11) is 0. The average molecular weight is 342 g/mol. The van der Waals surface area contributed by atoms with Crippen LogP contribution in [0.25, 0.3) is 10.6 Å². The molecular weight excluding hydrogens is 324 g/mol. The van der Waals surface area contributed by atoms with Gasteiger partial charge >= 0.3 is 6.03 Å². The number of furan rings is 1. The first-order chi connectivity index (χ1) is 11.8. The van der Waals surface area contributed by atoms with Gasteiger partial charge in [0, 0.05) is 0 Å². The van der Waals surface area contributed by atoms with Crippen LogP contribution in [0.15, 0.2) is 64.4 Å². The van der Waals surface area contributed by atoms with Crippen LogP contribution in [0.2, 0.25) is 0 Å². The van der Waals surface area contributed by atoms with E-state index in [4.69, 9.17) is 9.15 Å². The average Bonchev–Trinajstić information content (AvgIpc) is 3.29. The topological polar surface area (TPSA) is 63.5 Å². The molecule has 2 heterocycles. The Kier molecular flexibility index (Phi) is 5.52. The SMILES string of the molecule is O=C(NCCOc1ccccc1)NCc1ccc(-c2cccs2)o1. The van der Waals surface area contributed by atoms with Crippen molar-refractivity contribution in [2.45, 2.75) is 6.54 Å². The molecule has 2 aromatic heterocycles. The smallest absolute Gasteiger partial charge is 0.315 e. The lowest BCUT2D eigenvalue weighted by molar-refractivity contribution is 0.235. The Morgan fingerprint density at radius 3 is 2.71 bits per heavy atom. The molecule has 2 amide bonds. The highest BCUT2D eigenvalue weighted by Gasteiger charge is 2.07. The summed E-state index contributed by atoms with van der Waals surface area (Å²) in [5.74, 6) is 2.32. The fourth-order valence-corrected chi connectivity index (χ4v) is 2.79. The summed E-state index contributed by atoms with van der Waals surface area (Å²) in [6, 6.07) is 17.0. The standard InChI is InChI=1S/C18H18N2O3S/c21-18(19-10-11-22-14-5-2-1-3-6-14)20-13-15-8-9-16(23-15)17-7-4-12-24-17/h1-9,12H,10-11,13H2,(H2,19,20,21). The van der Waals surface area contributed by atoms with Crippen molar-refractivity contribution in [3.05, 3.63) is 65.7 Å². The zero-order valence-electron chi connectivity index (χ0n) is 13.0. The molecule has 0 fully saturated rings. The summed E-state index contributed by atoms with van der Waals surface area (Å²) in [6.45, 7) is 1.19.